The maximum absolute atomic E-state index is 12.4. The third-order valence-corrected chi connectivity index (χ3v) is 4.67. The lowest BCUT2D eigenvalue weighted by atomic mass is 10.0. The van der Waals surface area contributed by atoms with Crippen LogP contribution in [0.1, 0.15) is 53.7 Å². The van der Waals surface area contributed by atoms with Gasteiger partial charge >= 0.3 is 0 Å². The number of ether oxygens (including phenoxy) is 2. The molecule has 0 aliphatic carbocycles. The Labute approximate surface area is 159 Å². The van der Waals surface area contributed by atoms with Crippen LogP contribution in [0, 0.1) is 6.92 Å². The zero-order valence-corrected chi connectivity index (χ0v) is 15.8. The highest BCUT2D eigenvalue weighted by Crippen LogP contribution is 2.31. The minimum atomic E-state index is -0.117. The van der Waals surface area contributed by atoms with Crippen LogP contribution in [-0.4, -0.2) is 24.9 Å². The van der Waals surface area contributed by atoms with Gasteiger partial charge in [0.05, 0.1) is 6.04 Å². The number of Topliss-reactive ketones (excluding diaryl/α,β-unsaturated/α-hetero) is 1. The number of carbonyl (C=O) groups excluding carboxylic acids is 2. The number of aryl methyl sites for hydroxylation is 1. The standard InChI is InChI=1S/C22H25NO4/c1-3-18(16-6-4-15(2)5-7-16)23-22(25)11-9-19(24)17-8-10-20-21(14-17)27-13-12-26-20/h4-8,10,14,18H,3,9,11-13H2,1-2H3,(H,23,25). The first-order chi connectivity index (χ1) is 13.1. The molecule has 2 aromatic rings. The molecule has 0 saturated heterocycles. The Kier molecular flexibility index (Phi) is 6.12. The van der Waals surface area contributed by atoms with E-state index in [9.17, 15) is 9.59 Å². The molecule has 1 aliphatic rings. The number of hydrogen-bond donors (Lipinski definition) is 1. The van der Waals surface area contributed by atoms with E-state index in [4.69, 9.17) is 9.47 Å². The molecule has 1 unspecified atom stereocenters. The number of carbonyl (C=O) groups is 2. The van der Waals surface area contributed by atoms with E-state index in [1.54, 1.807) is 18.2 Å². The molecule has 0 bridgehead atoms. The van der Waals surface area contributed by atoms with E-state index < -0.39 is 0 Å². The van der Waals surface area contributed by atoms with Crippen molar-refractivity contribution in [2.75, 3.05) is 13.2 Å². The molecule has 1 amide bonds. The molecule has 0 spiro atoms. The summed E-state index contributed by atoms with van der Waals surface area (Å²) in [5.74, 6) is 1.04. The van der Waals surface area contributed by atoms with Crippen molar-refractivity contribution in [1.82, 2.24) is 5.32 Å². The second kappa shape index (κ2) is 8.71. The molecule has 2 aromatic carbocycles. The fourth-order valence-electron chi connectivity index (χ4n) is 3.07. The maximum atomic E-state index is 12.4. The number of hydrogen-bond acceptors (Lipinski definition) is 4. The highest BCUT2D eigenvalue weighted by Gasteiger charge is 2.17. The molecule has 0 aromatic heterocycles. The summed E-state index contributed by atoms with van der Waals surface area (Å²) in [6, 6.07) is 13.2. The van der Waals surface area contributed by atoms with E-state index >= 15 is 0 Å². The first-order valence-corrected chi connectivity index (χ1v) is 9.35. The van der Waals surface area contributed by atoms with Gasteiger partial charge in [-0.15, -0.1) is 0 Å². The van der Waals surface area contributed by atoms with Crippen molar-refractivity contribution in [2.24, 2.45) is 0 Å². The first kappa shape index (κ1) is 19.0. The smallest absolute Gasteiger partial charge is 0.220 e. The molecule has 3 rings (SSSR count). The number of amides is 1. The number of rotatable bonds is 7. The summed E-state index contributed by atoms with van der Waals surface area (Å²) in [7, 11) is 0. The molecule has 1 N–H and O–H groups in total. The van der Waals surface area contributed by atoms with Crippen LogP contribution >= 0.6 is 0 Å². The highest BCUT2D eigenvalue weighted by molar-refractivity contribution is 5.98. The number of ketones is 1. The molecule has 0 saturated carbocycles. The molecule has 1 aliphatic heterocycles. The molecule has 0 radical (unpaired) electrons. The van der Waals surface area contributed by atoms with Crippen LogP contribution in [0.3, 0.4) is 0 Å². The molecule has 5 heteroatoms. The van der Waals surface area contributed by atoms with Crippen LogP contribution in [0.5, 0.6) is 11.5 Å². The molecule has 1 heterocycles. The summed E-state index contributed by atoms with van der Waals surface area (Å²) in [4.78, 5) is 24.7. The van der Waals surface area contributed by atoms with Crippen LogP contribution in [0.15, 0.2) is 42.5 Å². The molecule has 0 fully saturated rings. The highest BCUT2D eigenvalue weighted by atomic mass is 16.6. The number of nitrogens with one attached hydrogen (secondary N) is 1. The summed E-state index contributed by atoms with van der Waals surface area (Å²) < 4.78 is 11.0. The van der Waals surface area contributed by atoms with Gasteiger partial charge in [-0.25, -0.2) is 0 Å². The Hall–Kier alpha value is -2.82. The second-order valence-electron chi connectivity index (χ2n) is 6.72. The van der Waals surface area contributed by atoms with Gasteiger partial charge in [-0.3, -0.25) is 9.59 Å². The Bertz CT molecular complexity index is 814. The van der Waals surface area contributed by atoms with E-state index in [0.29, 0.717) is 30.3 Å². The second-order valence-corrected chi connectivity index (χ2v) is 6.72. The lowest BCUT2D eigenvalue weighted by Crippen LogP contribution is -2.28. The van der Waals surface area contributed by atoms with E-state index in [1.165, 1.54) is 5.56 Å². The zero-order chi connectivity index (χ0) is 19.2. The third kappa shape index (κ3) is 4.88. The minimum Gasteiger partial charge on any atom is -0.486 e. The van der Waals surface area contributed by atoms with Gasteiger partial charge in [0.25, 0.3) is 0 Å². The predicted octanol–water partition coefficient (Wildman–Crippen LogP) is 4.00. The van der Waals surface area contributed by atoms with Crippen molar-refractivity contribution in [2.45, 2.75) is 39.2 Å². The van der Waals surface area contributed by atoms with E-state index in [-0.39, 0.29) is 30.6 Å². The first-order valence-electron chi connectivity index (χ1n) is 9.35. The topological polar surface area (TPSA) is 64.6 Å². The summed E-state index contributed by atoms with van der Waals surface area (Å²) in [6.45, 7) is 5.06. The summed E-state index contributed by atoms with van der Waals surface area (Å²) >= 11 is 0. The summed E-state index contributed by atoms with van der Waals surface area (Å²) in [5, 5.41) is 3.02. The van der Waals surface area contributed by atoms with Gasteiger partial charge in [0, 0.05) is 18.4 Å². The lowest BCUT2D eigenvalue weighted by Gasteiger charge is -2.19. The van der Waals surface area contributed by atoms with Crippen molar-refractivity contribution < 1.29 is 19.1 Å². The Morgan fingerprint density at radius 1 is 1.00 bits per heavy atom. The van der Waals surface area contributed by atoms with Gasteiger partial charge < -0.3 is 14.8 Å². The Balaban J connectivity index is 1.55. The summed E-state index contributed by atoms with van der Waals surface area (Å²) in [5.41, 5.74) is 2.80. The third-order valence-electron chi connectivity index (χ3n) is 4.67. The van der Waals surface area contributed by atoms with Gasteiger partial charge in [0.2, 0.25) is 5.91 Å². The van der Waals surface area contributed by atoms with Crippen molar-refractivity contribution in [3.8, 4) is 11.5 Å². The van der Waals surface area contributed by atoms with Crippen LogP contribution < -0.4 is 14.8 Å². The Morgan fingerprint density at radius 2 is 1.70 bits per heavy atom. The van der Waals surface area contributed by atoms with Crippen molar-refractivity contribution in [1.29, 1.82) is 0 Å². The van der Waals surface area contributed by atoms with Gasteiger partial charge in [-0.2, -0.15) is 0 Å². The van der Waals surface area contributed by atoms with Gasteiger partial charge in [-0.05, 0) is 37.1 Å². The molecule has 142 valence electrons. The molecular weight excluding hydrogens is 342 g/mol. The van der Waals surface area contributed by atoms with E-state index in [1.807, 2.05) is 38.1 Å². The van der Waals surface area contributed by atoms with Gasteiger partial charge in [0.15, 0.2) is 17.3 Å². The average Bonchev–Trinajstić information content (AvgIpc) is 2.70. The van der Waals surface area contributed by atoms with E-state index in [2.05, 4.69) is 5.32 Å². The van der Waals surface area contributed by atoms with Crippen molar-refractivity contribution in [3.05, 3.63) is 59.2 Å². The summed E-state index contributed by atoms with van der Waals surface area (Å²) in [6.07, 6.45) is 1.12. The lowest BCUT2D eigenvalue weighted by molar-refractivity contribution is -0.121. The average molecular weight is 367 g/mol. The van der Waals surface area contributed by atoms with Crippen molar-refractivity contribution in [3.63, 3.8) is 0 Å². The van der Waals surface area contributed by atoms with Crippen LogP contribution in [0.4, 0.5) is 0 Å². The monoisotopic (exact) mass is 367 g/mol. The van der Waals surface area contributed by atoms with Gasteiger partial charge in [-0.1, -0.05) is 36.8 Å². The minimum absolute atomic E-state index is 0.0394. The largest absolute Gasteiger partial charge is 0.486 e. The molecule has 1 atom stereocenters. The molecule has 27 heavy (non-hydrogen) atoms. The normalized spacial score (nSPS) is 13.7. The van der Waals surface area contributed by atoms with Crippen molar-refractivity contribution >= 4 is 11.7 Å². The van der Waals surface area contributed by atoms with E-state index in [0.717, 1.165) is 12.0 Å². The fraction of sp³-hybridized carbons (Fsp3) is 0.364. The maximum Gasteiger partial charge on any atom is 0.220 e. The quantitative estimate of drug-likeness (QED) is 0.752. The van der Waals surface area contributed by atoms with Crippen LogP contribution in [-0.2, 0) is 4.79 Å². The van der Waals surface area contributed by atoms with Gasteiger partial charge in [0.1, 0.15) is 13.2 Å². The molecule has 5 nitrogen and oxygen atoms in total. The SMILES string of the molecule is CCC(NC(=O)CCC(=O)c1ccc2c(c1)OCCO2)c1ccc(C)cc1. The van der Waals surface area contributed by atoms with Crippen LogP contribution in [0.25, 0.3) is 0 Å². The predicted molar refractivity (Wildman–Crippen MR) is 103 cm³/mol. The number of benzene rings is 2. The fourth-order valence-corrected chi connectivity index (χ4v) is 3.07. The zero-order valence-electron chi connectivity index (χ0n) is 15.8. The molecular formula is C22H25NO4. The van der Waals surface area contributed by atoms with Crippen LogP contribution in [0.2, 0.25) is 0 Å². The Morgan fingerprint density at radius 3 is 2.41 bits per heavy atom. The number of fused-ring (bicyclic) bond motifs is 1.